The Balaban J connectivity index is 2.03. The van der Waals surface area contributed by atoms with E-state index in [2.05, 4.69) is 6.07 Å². The molecule has 0 aromatic heterocycles. The molecule has 0 unspecified atom stereocenters. The molecule has 5 heteroatoms. The normalized spacial score (nSPS) is 23.1. The average molecular weight is 304 g/mol. The molecule has 1 aliphatic heterocycles. The fourth-order valence-corrected chi connectivity index (χ4v) is 2.89. The summed E-state index contributed by atoms with van der Waals surface area (Å²) in [5.41, 5.74) is 1.61. The van der Waals surface area contributed by atoms with E-state index in [1.165, 1.54) is 0 Å². The lowest BCUT2D eigenvalue weighted by atomic mass is 9.75. The van der Waals surface area contributed by atoms with E-state index in [0.717, 1.165) is 23.9 Å². The minimum absolute atomic E-state index is 0.413. The Labute approximate surface area is 131 Å². The van der Waals surface area contributed by atoms with Crippen LogP contribution in [0.1, 0.15) is 57.6 Å². The summed E-state index contributed by atoms with van der Waals surface area (Å²) in [6, 6.07) is 5.96. The first-order valence-corrected chi connectivity index (χ1v) is 7.72. The van der Waals surface area contributed by atoms with Gasteiger partial charge in [0, 0.05) is 10.5 Å². The molecular formula is C16H19BClNO2. The monoisotopic (exact) mass is 303 g/mol. The standard InChI is InChI=1S/C16H19BClNO2/c1-15(2)16(3,4)21-17(20-15)13-8-12(10-5-6-10)14(18)7-11(13)9-19/h7-8,10H,5-6H2,1-4H3. The van der Waals surface area contributed by atoms with Crippen LogP contribution in [0, 0.1) is 11.3 Å². The summed E-state index contributed by atoms with van der Waals surface area (Å²) in [5, 5.41) is 10.1. The molecule has 2 fully saturated rings. The van der Waals surface area contributed by atoms with Crippen molar-refractivity contribution >= 4 is 24.2 Å². The number of benzene rings is 1. The van der Waals surface area contributed by atoms with E-state index in [0.29, 0.717) is 16.5 Å². The van der Waals surface area contributed by atoms with Gasteiger partial charge in [0.15, 0.2) is 0 Å². The van der Waals surface area contributed by atoms with E-state index in [4.69, 9.17) is 20.9 Å². The third-order valence-electron chi connectivity index (χ3n) is 4.81. The summed E-state index contributed by atoms with van der Waals surface area (Å²) < 4.78 is 12.1. The zero-order valence-electron chi connectivity index (χ0n) is 12.9. The molecule has 0 N–H and O–H groups in total. The predicted octanol–water partition coefficient (Wildman–Crippen LogP) is 3.39. The Bertz CT molecular complexity index is 616. The molecule has 1 aromatic carbocycles. The third-order valence-corrected chi connectivity index (χ3v) is 5.14. The number of halogens is 1. The third kappa shape index (κ3) is 2.48. The maximum atomic E-state index is 9.39. The summed E-state index contributed by atoms with van der Waals surface area (Å²) in [6.45, 7) is 8.04. The predicted molar refractivity (Wildman–Crippen MR) is 83.9 cm³/mol. The van der Waals surface area contributed by atoms with Crippen LogP contribution < -0.4 is 5.46 Å². The molecule has 21 heavy (non-hydrogen) atoms. The topological polar surface area (TPSA) is 42.2 Å². The molecule has 110 valence electrons. The second kappa shape index (κ2) is 4.74. The van der Waals surface area contributed by atoms with E-state index >= 15 is 0 Å². The molecule has 0 amide bonds. The van der Waals surface area contributed by atoms with Crippen molar-refractivity contribution in [3.05, 3.63) is 28.3 Å². The van der Waals surface area contributed by atoms with Gasteiger partial charge in [0.25, 0.3) is 0 Å². The summed E-state index contributed by atoms with van der Waals surface area (Å²) in [4.78, 5) is 0. The van der Waals surface area contributed by atoms with Gasteiger partial charge >= 0.3 is 7.12 Å². The average Bonchev–Trinajstić information content (AvgIpc) is 3.17. The first-order valence-electron chi connectivity index (χ1n) is 7.34. The highest BCUT2D eigenvalue weighted by molar-refractivity contribution is 6.63. The Morgan fingerprint density at radius 1 is 1.19 bits per heavy atom. The van der Waals surface area contributed by atoms with E-state index in [-0.39, 0.29) is 0 Å². The van der Waals surface area contributed by atoms with Crippen LogP contribution in [-0.4, -0.2) is 18.3 Å². The van der Waals surface area contributed by atoms with Gasteiger partial charge in [-0.1, -0.05) is 17.7 Å². The van der Waals surface area contributed by atoms with Gasteiger partial charge in [-0.25, -0.2) is 0 Å². The zero-order valence-corrected chi connectivity index (χ0v) is 13.6. The van der Waals surface area contributed by atoms with Gasteiger partial charge < -0.3 is 9.31 Å². The molecule has 0 spiro atoms. The van der Waals surface area contributed by atoms with Gasteiger partial charge in [-0.2, -0.15) is 5.26 Å². The fourth-order valence-electron chi connectivity index (χ4n) is 2.58. The highest BCUT2D eigenvalue weighted by Gasteiger charge is 2.52. The van der Waals surface area contributed by atoms with Crippen LogP contribution in [-0.2, 0) is 9.31 Å². The minimum Gasteiger partial charge on any atom is -0.399 e. The summed E-state index contributed by atoms with van der Waals surface area (Å²) >= 11 is 6.30. The molecular weight excluding hydrogens is 284 g/mol. The number of rotatable bonds is 2. The second-order valence-corrected chi connectivity index (χ2v) is 7.34. The van der Waals surface area contributed by atoms with Gasteiger partial charge in [-0.3, -0.25) is 0 Å². The van der Waals surface area contributed by atoms with E-state index in [1.54, 1.807) is 6.07 Å². The molecule has 0 bridgehead atoms. The SMILES string of the molecule is CC1(C)OB(c2cc(C3CC3)c(Cl)cc2C#N)OC1(C)C. The lowest BCUT2D eigenvalue weighted by Crippen LogP contribution is -2.41. The Morgan fingerprint density at radius 2 is 1.76 bits per heavy atom. The van der Waals surface area contributed by atoms with Crippen LogP contribution in [0.15, 0.2) is 12.1 Å². The van der Waals surface area contributed by atoms with E-state index in [9.17, 15) is 5.26 Å². The molecule has 2 aliphatic rings. The van der Waals surface area contributed by atoms with Crippen LogP contribution in [0.5, 0.6) is 0 Å². The van der Waals surface area contributed by atoms with Crippen molar-refractivity contribution in [1.29, 1.82) is 5.26 Å². The van der Waals surface area contributed by atoms with Crippen LogP contribution in [0.4, 0.5) is 0 Å². The van der Waals surface area contributed by atoms with Gasteiger partial charge in [0.2, 0.25) is 0 Å². The molecule has 1 aromatic rings. The van der Waals surface area contributed by atoms with Crippen LogP contribution in [0.2, 0.25) is 5.02 Å². The van der Waals surface area contributed by atoms with Crippen molar-refractivity contribution in [1.82, 2.24) is 0 Å². The number of hydrogen-bond donors (Lipinski definition) is 0. The zero-order chi connectivity index (χ0) is 15.4. The quantitative estimate of drug-likeness (QED) is 0.787. The summed E-state index contributed by atoms with van der Waals surface area (Å²) in [6.07, 6.45) is 2.32. The smallest absolute Gasteiger partial charge is 0.399 e. The molecule has 3 nitrogen and oxygen atoms in total. The lowest BCUT2D eigenvalue weighted by molar-refractivity contribution is 0.00578. The molecule has 3 rings (SSSR count). The molecule has 1 aliphatic carbocycles. The lowest BCUT2D eigenvalue weighted by Gasteiger charge is -2.32. The Kier molecular flexibility index (Phi) is 3.37. The van der Waals surface area contributed by atoms with Crippen molar-refractivity contribution in [3.8, 4) is 6.07 Å². The summed E-state index contributed by atoms with van der Waals surface area (Å²) in [5.74, 6) is 0.520. The first-order chi connectivity index (χ1) is 9.75. The van der Waals surface area contributed by atoms with Crippen LogP contribution >= 0.6 is 11.6 Å². The van der Waals surface area contributed by atoms with Gasteiger partial charge in [-0.15, -0.1) is 0 Å². The largest absolute Gasteiger partial charge is 0.496 e. The molecule has 1 saturated heterocycles. The van der Waals surface area contributed by atoms with Crippen molar-refractivity contribution in [3.63, 3.8) is 0 Å². The van der Waals surface area contributed by atoms with Crippen LogP contribution in [0.25, 0.3) is 0 Å². The van der Waals surface area contributed by atoms with Gasteiger partial charge in [0.1, 0.15) is 0 Å². The maximum Gasteiger partial charge on any atom is 0.496 e. The Morgan fingerprint density at radius 3 is 2.24 bits per heavy atom. The van der Waals surface area contributed by atoms with E-state index in [1.807, 2.05) is 33.8 Å². The van der Waals surface area contributed by atoms with Crippen molar-refractivity contribution in [2.24, 2.45) is 0 Å². The van der Waals surface area contributed by atoms with Gasteiger partial charge in [0.05, 0.1) is 22.8 Å². The fraction of sp³-hybridized carbons (Fsp3) is 0.562. The van der Waals surface area contributed by atoms with Crippen molar-refractivity contribution < 1.29 is 9.31 Å². The highest BCUT2D eigenvalue weighted by atomic mass is 35.5. The summed E-state index contributed by atoms with van der Waals surface area (Å²) in [7, 11) is -0.514. The number of nitrogens with zero attached hydrogens (tertiary/aromatic N) is 1. The minimum atomic E-state index is -0.514. The first kappa shape index (κ1) is 14.9. The number of hydrogen-bond acceptors (Lipinski definition) is 3. The Hall–Kier alpha value is -1.02. The highest BCUT2D eigenvalue weighted by Crippen LogP contribution is 2.43. The molecule has 1 heterocycles. The van der Waals surface area contributed by atoms with Crippen molar-refractivity contribution in [2.45, 2.75) is 57.7 Å². The molecule has 0 radical (unpaired) electrons. The van der Waals surface area contributed by atoms with Crippen molar-refractivity contribution in [2.75, 3.05) is 0 Å². The molecule has 1 saturated carbocycles. The van der Waals surface area contributed by atoms with E-state index < -0.39 is 18.3 Å². The number of nitriles is 1. The van der Waals surface area contributed by atoms with Gasteiger partial charge in [-0.05, 0) is 58.1 Å². The molecule has 0 atom stereocenters. The maximum absolute atomic E-state index is 9.39. The second-order valence-electron chi connectivity index (χ2n) is 6.94. The van der Waals surface area contributed by atoms with Crippen LogP contribution in [0.3, 0.4) is 0 Å².